The summed E-state index contributed by atoms with van der Waals surface area (Å²) in [7, 11) is 0. The van der Waals surface area contributed by atoms with Gasteiger partial charge in [-0.15, -0.1) is 0 Å². The fourth-order valence-electron chi connectivity index (χ4n) is 15.6. The van der Waals surface area contributed by atoms with E-state index in [1.165, 1.54) is 86.5 Å². The Balaban J connectivity index is 0.0000490. The summed E-state index contributed by atoms with van der Waals surface area (Å²) < 4.78 is 0. The minimum atomic E-state index is -1.89. The molecule has 0 bridgehead atoms. The molecule has 796 valence electrons. The Kier molecular flexibility index (Phi) is 70.1. The van der Waals surface area contributed by atoms with E-state index in [-0.39, 0.29) is 369 Å². The van der Waals surface area contributed by atoms with Gasteiger partial charge >= 0.3 is 231 Å². The van der Waals surface area contributed by atoms with E-state index in [0.717, 1.165) is 0 Å². The number of rotatable bonds is 48. The fourth-order valence-corrected chi connectivity index (χ4v) is 15.6. The average molecular weight is 2590 g/mol. The number of hydrogen-bond acceptors (Lipinski definition) is 36. The van der Waals surface area contributed by atoms with E-state index in [4.69, 9.17) is 0 Å². The van der Waals surface area contributed by atoms with Gasteiger partial charge in [0.15, 0.2) is 0 Å². The van der Waals surface area contributed by atoms with E-state index in [1.807, 2.05) is 0 Å². The summed E-state index contributed by atoms with van der Waals surface area (Å²) in [6.45, 7) is -5.00. The van der Waals surface area contributed by atoms with Gasteiger partial charge in [-0.1, -0.05) is 0 Å². The smallest absolute Gasteiger partial charge is 0.480 e. The van der Waals surface area contributed by atoms with Crippen LogP contribution in [0, 0.1) is 165 Å². The number of carboxylic acids is 12. The molecular weight excluding hydrogens is 2450 g/mol. The normalized spacial score (nSPS) is 18.7. The zero-order valence-corrected chi connectivity index (χ0v) is 88.8. The molecule has 20 N–H and O–H groups in total. The van der Waals surface area contributed by atoms with Crippen LogP contribution in [-0.2, 0) is 95.9 Å². The standard InChI is InChI=1S/C81H140N24O32.4Gd/c1-57(102-29-21-94(45-69(118)119)13-5-90(41-65(110)111)6-14-95(22-30-102)46-70(120)121)77(134)82-37-61(106)86-53-81(54-87-62(107)38-83-78(135)58(2)103-31-23-96(47-71(122)123)15-7-91(42-66(112)113)8-16-97(24-32-103)48-72(124)125,55-88-63(108)39-84-79(136)59(3)104-33-25-98(49-73(126)127)17-9-92(43-67(114)115)10-18-99(26-34-104)50-74(128)129)56-89-64(109)40-85-80(137)60(4)105-35-27-100(51-75(130)131)19-11-93(44-68(116)117)12-20-101(28-36-105)52-76(132)133;;;;/h57-60H,5-56H2,1-4H3,(H,82,134)(H,83,135)(H,84,136)(H,85,137)(H,86,106)(H,87,107)(H,88,108)(H,89,109)(H,110,111)(H,112,113)(H,114,115)(H,116,117)(H,118,119)(H,120,121)(H,122,123)(H,124,125)(H,126,127)(H,128,129)(H,130,131)(H,132,133);;;;/q;4*+3/t57-,58-,59-,60-;;;;/m0..../s1. The molecule has 0 aromatic rings. The molecule has 4 aliphatic heterocycles. The zero-order chi connectivity index (χ0) is 102. The molecule has 4 rings (SSSR count). The number of carboxylic acid groups (broad SMARTS) is 12. The van der Waals surface area contributed by atoms with Gasteiger partial charge in [0.05, 0.1) is 129 Å². The molecule has 4 atom stereocenters. The third-order valence-corrected chi connectivity index (χ3v) is 23.8. The summed E-state index contributed by atoms with van der Waals surface area (Å²) in [6, 6.07) is -4.54. The van der Waals surface area contributed by atoms with Crippen molar-refractivity contribution in [2.24, 2.45) is 5.41 Å². The first-order chi connectivity index (χ1) is 64.6. The van der Waals surface area contributed by atoms with E-state index in [1.54, 1.807) is 19.6 Å². The fraction of sp³-hybridized carbons (Fsp3) is 0.753. The van der Waals surface area contributed by atoms with E-state index in [2.05, 4.69) is 42.5 Å². The largest absolute Gasteiger partial charge is 3.00 e. The average Bonchev–Trinajstić information content (AvgIpc) is 0.844. The Morgan fingerprint density at radius 1 is 0.184 bits per heavy atom. The predicted molar refractivity (Wildman–Crippen MR) is 480 cm³/mol. The topological polar surface area (TPSA) is 732 Å². The van der Waals surface area contributed by atoms with Gasteiger partial charge in [0, 0.05) is 241 Å². The van der Waals surface area contributed by atoms with Crippen LogP contribution < -0.4 is 42.5 Å². The molecule has 4 radical (unpaired) electrons. The third kappa shape index (κ3) is 59.6. The predicted octanol–water partition coefficient (Wildman–Crippen LogP) is -13.6. The molecule has 0 aliphatic carbocycles. The van der Waals surface area contributed by atoms with Gasteiger partial charge in [-0.2, -0.15) is 0 Å². The van der Waals surface area contributed by atoms with Gasteiger partial charge in [0.2, 0.25) is 47.3 Å². The quantitative estimate of drug-likeness (QED) is 0.0269. The molecule has 0 aromatic carbocycles. The first-order valence-electron chi connectivity index (χ1n) is 45.1. The number of aliphatic carboxylic acids is 12. The van der Waals surface area contributed by atoms with Crippen LogP contribution in [0.2, 0.25) is 0 Å². The first kappa shape index (κ1) is 135. The van der Waals surface area contributed by atoms with Crippen LogP contribution in [0.4, 0.5) is 0 Å². The van der Waals surface area contributed by atoms with Crippen molar-refractivity contribution >= 4 is 119 Å². The molecule has 8 amide bonds. The number of carbonyl (C=O) groups excluding carboxylic acids is 8. The minimum Gasteiger partial charge on any atom is -0.480 e. The molecular formula is C81H140Gd4N24O32+12. The van der Waals surface area contributed by atoms with Gasteiger partial charge in [-0.25, -0.2) is 0 Å². The monoisotopic (exact) mass is 2590 g/mol. The van der Waals surface area contributed by atoms with Crippen LogP contribution in [0.15, 0.2) is 0 Å². The van der Waals surface area contributed by atoms with Gasteiger partial charge in [-0.3, -0.25) is 174 Å². The maximum absolute atomic E-state index is 14.5. The molecule has 60 heteroatoms. The summed E-state index contributed by atoms with van der Waals surface area (Å²) in [5.41, 5.74) is -1.89. The van der Waals surface area contributed by atoms with Crippen molar-refractivity contribution in [2.75, 3.05) is 340 Å². The summed E-state index contributed by atoms with van der Waals surface area (Å²) in [5.74, 6) is -21.4. The van der Waals surface area contributed by atoms with Crippen molar-refractivity contribution < 1.29 is 317 Å². The zero-order valence-electron chi connectivity index (χ0n) is 79.7. The van der Waals surface area contributed by atoms with Crippen LogP contribution in [0.3, 0.4) is 0 Å². The van der Waals surface area contributed by atoms with Crippen molar-refractivity contribution in [1.29, 1.82) is 0 Å². The molecule has 56 nitrogen and oxygen atoms in total. The molecule has 4 aliphatic rings. The Morgan fingerprint density at radius 2 is 0.284 bits per heavy atom. The van der Waals surface area contributed by atoms with E-state index in [9.17, 15) is 157 Å². The van der Waals surface area contributed by atoms with Crippen molar-refractivity contribution in [3.05, 3.63) is 0 Å². The second-order valence-electron chi connectivity index (χ2n) is 34.4. The number of nitrogens with one attached hydrogen (secondary N) is 8. The van der Waals surface area contributed by atoms with Crippen molar-refractivity contribution in [3.8, 4) is 0 Å². The first-order valence-corrected chi connectivity index (χ1v) is 45.1. The molecule has 0 saturated carbocycles. The summed E-state index contributed by atoms with van der Waals surface area (Å²) in [5, 5.41) is 138. The number of nitrogens with zero attached hydrogens (tertiary/aromatic N) is 16. The minimum absolute atomic E-state index is 0. The van der Waals surface area contributed by atoms with Gasteiger partial charge in [0.25, 0.3) is 0 Å². The molecule has 4 fully saturated rings. The van der Waals surface area contributed by atoms with Crippen molar-refractivity contribution in [2.45, 2.75) is 51.9 Å². The van der Waals surface area contributed by atoms with Crippen LogP contribution in [0.5, 0.6) is 0 Å². The number of carbonyl (C=O) groups is 20. The maximum atomic E-state index is 14.5. The number of amides is 8. The Hall–Kier alpha value is -5.94. The summed E-state index contributed by atoms with van der Waals surface area (Å²) in [6.07, 6.45) is 0. The Bertz CT molecular complexity index is 3420. The van der Waals surface area contributed by atoms with E-state index < -0.39 is 279 Å². The van der Waals surface area contributed by atoms with Crippen LogP contribution in [0.25, 0.3) is 0 Å². The van der Waals surface area contributed by atoms with Gasteiger partial charge in [0.1, 0.15) is 0 Å². The molecule has 0 unspecified atom stereocenters. The molecule has 141 heavy (non-hydrogen) atoms. The third-order valence-electron chi connectivity index (χ3n) is 23.8. The van der Waals surface area contributed by atoms with Gasteiger partial charge < -0.3 is 104 Å². The van der Waals surface area contributed by atoms with Crippen LogP contribution in [-0.4, -0.2) is 623 Å². The molecule has 0 aromatic heterocycles. The Morgan fingerprint density at radius 3 is 0.383 bits per heavy atom. The summed E-state index contributed by atoms with van der Waals surface area (Å²) in [4.78, 5) is 284. The maximum Gasteiger partial charge on any atom is 3.00 e. The van der Waals surface area contributed by atoms with Gasteiger partial charge in [-0.05, 0) is 27.7 Å². The SMILES string of the molecule is C[C@@H](C(=O)NCC(=O)NCC(CNC(=O)CNC(=O)[C@H](C)N1CCN(CC(=O)O)CCN(CC(=O)O)CCN(CC(=O)O)CC1)(CNC(=O)CNC(=O)[C@H](C)N1CCN(CC(=O)O)CCN(CC(=O)O)CCN(CC(=O)O)CC1)CNC(=O)CNC(=O)[C@H](C)N1CCN(CC(=O)O)CCN(CC(=O)O)CCN(CC(=O)O)CC1)N1CCN(CC(=O)O)CCN(CC(=O)O)CCN(CC(=O)O)CC1.[Gd+3].[Gd+3].[Gd+3].[Gd+3]. The van der Waals surface area contributed by atoms with Crippen LogP contribution in [0.1, 0.15) is 27.7 Å². The van der Waals surface area contributed by atoms with E-state index in [0.29, 0.717) is 0 Å². The number of hydrogen-bond donors (Lipinski definition) is 20. The molecule has 4 heterocycles. The van der Waals surface area contributed by atoms with Crippen molar-refractivity contribution in [1.82, 2.24) is 121 Å². The van der Waals surface area contributed by atoms with Crippen LogP contribution >= 0.6 is 0 Å². The second kappa shape index (κ2) is 73.2. The second-order valence-corrected chi connectivity index (χ2v) is 34.4. The van der Waals surface area contributed by atoms with Crippen molar-refractivity contribution in [3.63, 3.8) is 0 Å². The summed E-state index contributed by atoms with van der Waals surface area (Å²) >= 11 is 0. The van der Waals surface area contributed by atoms with E-state index >= 15 is 0 Å². The molecule has 0 spiro atoms. The Labute approximate surface area is 944 Å². The molecule has 4 saturated heterocycles.